The first-order chi connectivity index (χ1) is 9.78. The smallest absolute Gasteiger partial charge is 0.120 e. The minimum atomic E-state index is 0.589. The monoisotopic (exact) mass is 333 g/mol. The summed E-state index contributed by atoms with van der Waals surface area (Å²) in [6.07, 6.45) is 1.15. The molecule has 0 spiro atoms. The summed E-state index contributed by atoms with van der Waals surface area (Å²) in [6.45, 7) is 4.70. The molecule has 0 aliphatic heterocycles. The van der Waals surface area contributed by atoms with E-state index in [2.05, 4.69) is 52.4 Å². The van der Waals surface area contributed by atoms with Gasteiger partial charge in [-0.25, -0.2) is 0 Å². The first kappa shape index (κ1) is 15.1. The van der Waals surface area contributed by atoms with Crippen molar-refractivity contribution in [3.8, 4) is 5.75 Å². The first-order valence-corrected chi connectivity index (χ1v) is 7.74. The molecule has 0 aliphatic rings. The average molecular weight is 334 g/mol. The molecular weight excluding hydrogens is 314 g/mol. The molecule has 3 heteroatoms. The van der Waals surface area contributed by atoms with Crippen LogP contribution in [0.25, 0.3) is 0 Å². The minimum absolute atomic E-state index is 0.589. The molecule has 2 rings (SSSR count). The van der Waals surface area contributed by atoms with E-state index in [1.165, 1.54) is 5.56 Å². The Morgan fingerprint density at radius 3 is 2.65 bits per heavy atom. The van der Waals surface area contributed by atoms with Crippen LogP contribution in [0.2, 0.25) is 0 Å². The summed E-state index contributed by atoms with van der Waals surface area (Å²) >= 11 is 3.47. The Labute approximate surface area is 129 Å². The van der Waals surface area contributed by atoms with E-state index in [-0.39, 0.29) is 0 Å². The van der Waals surface area contributed by atoms with Gasteiger partial charge in [0.1, 0.15) is 12.4 Å². The van der Waals surface area contributed by atoms with E-state index in [0.29, 0.717) is 6.61 Å². The molecular formula is C17H20BrNO. The lowest BCUT2D eigenvalue weighted by molar-refractivity contribution is 0.306. The van der Waals surface area contributed by atoms with Gasteiger partial charge in [-0.2, -0.15) is 0 Å². The summed E-state index contributed by atoms with van der Waals surface area (Å²) < 4.78 is 6.93. The fourth-order valence-electron chi connectivity index (χ4n) is 1.95. The molecule has 2 nitrogen and oxygen atoms in total. The van der Waals surface area contributed by atoms with Gasteiger partial charge in [0.25, 0.3) is 0 Å². The molecule has 2 aromatic carbocycles. The van der Waals surface area contributed by atoms with Gasteiger partial charge in [-0.15, -0.1) is 0 Å². The summed E-state index contributed by atoms with van der Waals surface area (Å²) in [5, 5.41) is 3.40. The molecule has 0 unspecified atom stereocenters. The first-order valence-electron chi connectivity index (χ1n) is 6.95. The second-order valence-electron chi connectivity index (χ2n) is 4.74. The topological polar surface area (TPSA) is 21.3 Å². The van der Waals surface area contributed by atoms with Crippen LogP contribution < -0.4 is 10.1 Å². The van der Waals surface area contributed by atoms with Crippen LogP contribution in [0.1, 0.15) is 24.5 Å². The molecule has 0 aromatic heterocycles. The van der Waals surface area contributed by atoms with Crippen LogP contribution in [0.5, 0.6) is 5.75 Å². The molecule has 20 heavy (non-hydrogen) atoms. The number of rotatable bonds is 7. The maximum absolute atomic E-state index is 5.85. The number of hydrogen-bond acceptors (Lipinski definition) is 2. The molecule has 0 saturated carbocycles. The Balaban J connectivity index is 1.91. The molecule has 2 aromatic rings. The fraction of sp³-hybridized carbons (Fsp3) is 0.294. The lowest BCUT2D eigenvalue weighted by atomic mass is 10.2. The van der Waals surface area contributed by atoms with Crippen molar-refractivity contribution in [3.63, 3.8) is 0 Å². The SMILES string of the molecule is CCCNCc1cccc(OCc2cccc(Br)c2)c1. The van der Waals surface area contributed by atoms with Crippen molar-refractivity contribution in [2.45, 2.75) is 26.5 Å². The van der Waals surface area contributed by atoms with Gasteiger partial charge < -0.3 is 10.1 Å². The van der Waals surface area contributed by atoms with Crippen molar-refractivity contribution in [2.75, 3.05) is 6.54 Å². The molecule has 0 aliphatic carbocycles. The summed E-state index contributed by atoms with van der Waals surface area (Å²) in [4.78, 5) is 0. The Morgan fingerprint density at radius 2 is 1.85 bits per heavy atom. The van der Waals surface area contributed by atoms with Gasteiger partial charge >= 0.3 is 0 Å². The van der Waals surface area contributed by atoms with Gasteiger partial charge in [0.15, 0.2) is 0 Å². The van der Waals surface area contributed by atoms with Crippen LogP contribution in [0.4, 0.5) is 0 Å². The second-order valence-corrected chi connectivity index (χ2v) is 5.66. The van der Waals surface area contributed by atoms with Crippen LogP contribution in [0.15, 0.2) is 53.0 Å². The molecule has 0 radical (unpaired) electrons. The lowest BCUT2D eigenvalue weighted by Gasteiger charge is -2.09. The molecule has 0 bridgehead atoms. The number of ether oxygens (including phenoxy) is 1. The van der Waals surface area contributed by atoms with Crippen molar-refractivity contribution < 1.29 is 4.74 Å². The highest BCUT2D eigenvalue weighted by Crippen LogP contribution is 2.17. The molecule has 0 amide bonds. The van der Waals surface area contributed by atoms with Crippen molar-refractivity contribution in [2.24, 2.45) is 0 Å². The molecule has 106 valence electrons. The van der Waals surface area contributed by atoms with Crippen molar-refractivity contribution in [3.05, 3.63) is 64.1 Å². The maximum Gasteiger partial charge on any atom is 0.120 e. The summed E-state index contributed by atoms with van der Waals surface area (Å²) in [6, 6.07) is 16.4. The third kappa shape index (κ3) is 4.99. The number of halogens is 1. The number of nitrogens with one attached hydrogen (secondary N) is 1. The molecule has 0 fully saturated rings. The highest BCUT2D eigenvalue weighted by Gasteiger charge is 1.99. The van der Waals surface area contributed by atoms with Gasteiger partial charge in [0, 0.05) is 11.0 Å². The van der Waals surface area contributed by atoms with Crippen LogP contribution in [-0.4, -0.2) is 6.54 Å². The minimum Gasteiger partial charge on any atom is -0.489 e. The highest BCUT2D eigenvalue weighted by atomic mass is 79.9. The van der Waals surface area contributed by atoms with E-state index >= 15 is 0 Å². The summed E-state index contributed by atoms with van der Waals surface area (Å²) in [5.41, 5.74) is 2.42. The van der Waals surface area contributed by atoms with Crippen LogP contribution in [-0.2, 0) is 13.2 Å². The predicted octanol–water partition coefficient (Wildman–Crippen LogP) is 4.53. The number of hydrogen-bond donors (Lipinski definition) is 1. The zero-order valence-electron chi connectivity index (χ0n) is 11.7. The largest absolute Gasteiger partial charge is 0.489 e. The maximum atomic E-state index is 5.85. The van der Waals surface area contributed by atoms with E-state index in [4.69, 9.17) is 4.74 Å². The lowest BCUT2D eigenvalue weighted by Crippen LogP contribution is -2.13. The van der Waals surface area contributed by atoms with Gasteiger partial charge in [0.05, 0.1) is 0 Å². The third-order valence-corrected chi connectivity index (χ3v) is 3.44. The summed E-state index contributed by atoms with van der Waals surface area (Å²) in [5.74, 6) is 0.917. The summed E-state index contributed by atoms with van der Waals surface area (Å²) in [7, 11) is 0. The highest BCUT2D eigenvalue weighted by molar-refractivity contribution is 9.10. The van der Waals surface area contributed by atoms with Crippen molar-refractivity contribution in [1.82, 2.24) is 5.32 Å². The molecule has 0 atom stereocenters. The normalized spacial score (nSPS) is 10.5. The molecule has 0 saturated heterocycles. The van der Waals surface area contributed by atoms with Gasteiger partial charge in [-0.1, -0.05) is 47.1 Å². The molecule has 0 heterocycles. The van der Waals surface area contributed by atoms with E-state index in [1.807, 2.05) is 24.3 Å². The van der Waals surface area contributed by atoms with Gasteiger partial charge in [-0.3, -0.25) is 0 Å². The van der Waals surface area contributed by atoms with Crippen LogP contribution in [0, 0.1) is 0 Å². The van der Waals surface area contributed by atoms with Crippen LogP contribution in [0.3, 0.4) is 0 Å². The van der Waals surface area contributed by atoms with Crippen LogP contribution >= 0.6 is 15.9 Å². The fourth-order valence-corrected chi connectivity index (χ4v) is 2.39. The standard InChI is InChI=1S/C17H20BrNO/c1-2-9-19-12-14-5-4-8-17(11-14)20-13-15-6-3-7-16(18)10-15/h3-8,10-11,19H,2,9,12-13H2,1H3. The van der Waals surface area contributed by atoms with E-state index in [9.17, 15) is 0 Å². The predicted molar refractivity (Wildman–Crippen MR) is 86.9 cm³/mol. The Kier molecular flexibility index (Phi) is 6.09. The van der Waals surface area contributed by atoms with E-state index < -0.39 is 0 Å². The third-order valence-electron chi connectivity index (χ3n) is 2.95. The van der Waals surface area contributed by atoms with Gasteiger partial charge in [0.2, 0.25) is 0 Å². The van der Waals surface area contributed by atoms with E-state index in [1.54, 1.807) is 0 Å². The second kappa shape index (κ2) is 8.08. The molecule has 1 N–H and O–H groups in total. The average Bonchev–Trinajstić information content (AvgIpc) is 2.46. The Hall–Kier alpha value is -1.32. The quantitative estimate of drug-likeness (QED) is 0.751. The zero-order valence-corrected chi connectivity index (χ0v) is 13.3. The number of benzene rings is 2. The van der Waals surface area contributed by atoms with E-state index in [0.717, 1.165) is 35.3 Å². The van der Waals surface area contributed by atoms with Crippen molar-refractivity contribution >= 4 is 15.9 Å². The van der Waals surface area contributed by atoms with Gasteiger partial charge in [-0.05, 0) is 48.4 Å². The van der Waals surface area contributed by atoms with Crippen molar-refractivity contribution in [1.29, 1.82) is 0 Å². The Bertz CT molecular complexity index is 542. The Morgan fingerprint density at radius 1 is 1.05 bits per heavy atom. The zero-order chi connectivity index (χ0) is 14.2.